The van der Waals surface area contributed by atoms with Gasteiger partial charge in [0, 0.05) is 31.4 Å². The number of hydrogen-bond donors (Lipinski definition) is 1. The molecule has 0 aliphatic carbocycles. The van der Waals surface area contributed by atoms with Crippen LogP contribution in [0, 0.1) is 0 Å². The maximum atomic E-state index is 6.37. The predicted molar refractivity (Wildman–Crippen MR) is 89.1 cm³/mol. The van der Waals surface area contributed by atoms with E-state index in [1.165, 1.54) is 0 Å². The third-order valence-electron chi connectivity index (χ3n) is 3.46. The first-order valence-corrected chi connectivity index (χ1v) is 8.10. The molecule has 21 heavy (non-hydrogen) atoms. The van der Waals surface area contributed by atoms with E-state index in [0.29, 0.717) is 10.0 Å². The predicted octanol–water partition coefficient (Wildman–Crippen LogP) is 4.49. The van der Waals surface area contributed by atoms with Crippen molar-refractivity contribution in [3.63, 3.8) is 0 Å². The molecule has 2 aromatic rings. The zero-order valence-electron chi connectivity index (χ0n) is 12.4. The SMILES string of the molecule is CCCn1ccnc1CC(NCC)c1cccc(Cl)c1Cl. The number of hydrogen-bond acceptors (Lipinski definition) is 2. The van der Waals surface area contributed by atoms with Crippen LogP contribution in [-0.2, 0) is 13.0 Å². The second kappa shape index (κ2) is 7.83. The minimum atomic E-state index is 0.110. The second-order valence-corrected chi connectivity index (χ2v) is 5.78. The molecule has 0 fully saturated rings. The molecule has 2 rings (SSSR count). The number of aryl methyl sites for hydroxylation is 1. The summed E-state index contributed by atoms with van der Waals surface area (Å²) >= 11 is 12.5. The number of imidazole rings is 1. The van der Waals surface area contributed by atoms with Gasteiger partial charge in [-0.15, -0.1) is 0 Å². The van der Waals surface area contributed by atoms with E-state index in [2.05, 4.69) is 28.7 Å². The Bertz CT molecular complexity index is 581. The van der Waals surface area contributed by atoms with Gasteiger partial charge in [0.1, 0.15) is 5.82 Å². The van der Waals surface area contributed by atoms with E-state index in [1.54, 1.807) is 0 Å². The minimum absolute atomic E-state index is 0.110. The van der Waals surface area contributed by atoms with Crippen LogP contribution in [0.2, 0.25) is 10.0 Å². The molecule has 0 saturated heterocycles. The lowest BCUT2D eigenvalue weighted by Crippen LogP contribution is -2.24. The van der Waals surface area contributed by atoms with E-state index in [-0.39, 0.29) is 6.04 Å². The third-order valence-corrected chi connectivity index (χ3v) is 4.29. The third kappa shape index (κ3) is 4.00. The highest BCUT2D eigenvalue weighted by molar-refractivity contribution is 6.42. The highest BCUT2D eigenvalue weighted by Gasteiger charge is 2.18. The van der Waals surface area contributed by atoms with Crippen LogP contribution in [-0.4, -0.2) is 16.1 Å². The van der Waals surface area contributed by atoms with Gasteiger partial charge in [-0.2, -0.15) is 0 Å². The summed E-state index contributed by atoms with van der Waals surface area (Å²) in [6.45, 7) is 6.10. The molecular weight excluding hydrogens is 305 g/mol. The highest BCUT2D eigenvalue weighted by Crippen LogP contribution is 2.31. The fourth-order valence-corrected chi connectivity index (χ4v) is 2.92. The number of rotatable bonds is 7. The Hall–Kier alpha value is -1.03. The van der Waals surface area contributed by atoms with Crippen molar-refractivity contribution in [3.8, 4) is 0 Å². The van der Waals surface area contributed by atoms with Crippen molar-refractivity contribution in [2.24, 2.45) is 0 Å². The first-order chi connectivity index (χ1) is 10.2. The van der Waals surface area contributed by atoms with Crippen molar-refractivity contribution in [3.05, 3.63) is 52.0 Å². The molecule has 0 radical (unpaired) electrons. The molecule has 1 heterocycles. The van der Waals surface area contributed by atoms with Crippen LogP contribution >= 0.6 is 23.2 Å². The van der Waals surface area contributed by atoms with E-state index < -0.39 is 0 Å². The molecule has 114 valence electrons. The maximum Gasteiger partial charge on any atom is 0.110 e. The molecular formula is C16H21Cl2N3. The fourth-order valence-electron chi connectivity index (χ4n) is 2.49. The number of benzene rings is 1. The highest BCUT2D eigenvalue weighted by atomic mass is 35.5. The van der Waals surface area contributed by atoms with Gasteiger partial charge in [-0.05, 0) is 24.6 Å². The summed E-state index contributed by atoms with van der Waals surface area (Å²) < 4.78 is 2.20. The number of nitrogens with zero attached hydrogens (tertiary/aromatic N) is 2. The van der Waals surface area contributed by atoms with Gasteiger partial charge in [0.05, 0.1) is 10.0 Å². The number of nitrogens with one attached hydrogen (secondary N) is 1. The van der Waals surface area contributed by atoms with E-state index in [4.69, 9.17) is 23.2 Å². The molecule has 5 heteroatoms. The summed E-state index contributed by atoms with van der Waals surface area (Å²) in [6, 6.07) is 5.88. The lowest BCUT2D eigenvalue weighted by atomic mass is 10.0. The Labute approximate surface area is 136 Å². The smallest absolute Gasteiger partial charge is 0.110 e. The molecule has 1 N–H and O–H groups in total. The molecule has 0 aliphatic heterocycles. The molecule has 0 bridgehead atoms. The Kier molecular flexibility index (Phi) is 6.09. The molecule has 0 amide bonds. The Morgan fingerprint density at radius 2 is 2.10 bits per heavy atom. The standard InChI is InChI=1S/C16H21Cl2N3/c1-3-9-21-10-8-20-15(21)11-14(19-4-2)12-6-5-7-13(17)16(12)18/h5-8,10,14,19H,3-4,9,11H2,1-2H3. The van der Waals surface area contributed by atoms with E-state index >= 15 is 0 Å². The number of likely N-dealkylation sites (N-methyl/N-ethyl adjacent to an activating group) is 1. The Morgan fingerprint density at radius 3 is 2.81 bits per heavy atom. The zero-order valence-corrected chi connectivity index (χ0v) is 14.0. The van der Waals surface area contributed by atoms with Gasteiger partial charge < -0.3 is 9.88 Å². The summed E-state index contributed by atoms with van der Waals surface area (Å²) in [4.78, 5) is 4.48. The first kappa shape index (κ1) is 16.3. The molecule has 0 saturated carbocycles. The van der Waals surface area contributed by atoms with E-state index in [0.717, 1.165) is 37.3 Å². The van der Waals surface area contributed by atoms with Gasteiger partial charge in [0.2, 0.25) is 0 Å². The van der Waals surface area contributed by atoms with Gasteiger partial charge in [-0.1, -0.05) is 49.2 Å². The lowest BCUT2D eigenvalue weighted by Gasteiger charge is -2.20. The van der Waals surface area contributed by atoms with Crippen LogP contribution in [0.4, 0.5) is 0 Å². The van der Waals surface area contributed by atoms with Gasteiger partial charge in [-0.3, -0.25) is 0 Å². The van der Waals surface area contributed by atoms with Crippen LogP contribution in [0.25, 0.3) is 0 Å². The Balaban J connectivity index is 2.26. The minimum Gasteiger partial charge on any atom is -0.335 e. The van der Waals surface area contributed by atoms with Crippen molar-refractivity contribution in [1.82, 2.24) is 14.9 Å². The van der Waals surface area contributed by atoms with Crippen LogP contribution in [0.3, 0.4) is 0 Å². The quantitative estimate of drug-likeness (QED) is 0.812. The van der Waals surface area contributed by atoms with Gasteiger partial charge in [0.15, 0.2) is 0 Å². The zero-order chi connectivity index (χ0) is 15.2. The van der Waals surface area contributed by atoms with Crippen LogP contribution < -0.4 is 5.32 Å². The van der Waals surface area contributed by atoms with Gasteiger partial charge >= 0.3 is 0 Å². The van der Waals surface area contributed by atoms with Crippen molar-refractivity contribution >= 4 is 23.2 Å². The van der Waals surface area contributed by atoms with Crippen LogP contribution in [0.1, 0.15) is 37.7 Å². The Morgan fingerprint density at radius 1 is 1.29 bits per heavy atom. The van der Waals surface area contributed by atoms with Crippen molar-refractivity contribution < 1.29 is 0 Å². The van der Waals surface area contributed by atoms with Gasteiger partial charge in [0.25, 0.3) is 0 Å². The molecule has 3 nitrogen and oxygen atoms in total. The monoisotopic (exact) mass is 325 g/mol. The molecule has 0 aliphatic rings. The molecule has 1 unspecified atom stereocenters. The van der Waals surface area contributed by atoms with Gasteiger partial charge in [-0.25, -0.2) is 4.98 Å². The molecule has 1 atom stereocenters. The summed E-state index contributed by atoms with van der Waals surface area (Å²) in [5, 5.41) is 4.69. The van der Waals surface area contributed by atoms with Crippen LogP contribution in [0.5, 0.6) is 0 Å². The number of halogens is 2. The van der Waals surface area contributed by atoms with Crippen LogP contribution in [0.15, 0.2) is 30.6 Å². The lowest BCUT2D eigenvalue weighted by molar-refractivity contribution is 0.516. The molecule has 1 aromatic heterocycles. The van der Waals surface area contributed by atoms with E-state index in [1.807, 2.05) is 30.6 Å². The maximum absolute atomic E-state index is 6.37. The summed E-state index contributed by atoms with van der Waals surface area (Å²) in [5.41, 5.74) is 1.03. The van der Waals surface area contributed by atoms with Crippen molar-refractivity contribution in [2.75, 3.05) is 6.54 Å². The first-order valence-electron chi connectivity index (χ1n) is 7.34. The summed E-state index contributed by atoms with van der Waals surface area (Å²) in [7, 11) is 0. The fraction of sp³-hybridized carbons (Fsp3) is 0.438. The van der Waals surface area contributed by atoms with Crippen molar-refractivity contribution in [2.45, 2.75) is 39.3 Å². The number of aromatic nitrogens is 2. The average molecular weight is 326 g/mol. The largest absolute Gasteiger partial charge is 0.335 e. The van der Waals surface area contributed by atoms with E-state index in [9.17, 15) is 0 Å². The molecule has 1 aromatic carbocycles. The normalized spacial score (nSPS) is 12.6. The summed E-state index contributed by atoms with van der Waals surface area (Å²) in [5.74, 6) is 1.07. The topological polar surface area (TPSA) is 29.9 Å². The van der Waals surface area contributed by atoms with Crippen molar-refractivity contribution in [1.29, 1.82) is 0 Å². The molecule has 0 spiro atoms. The summed E-state index contributed by atoms with van der Waals surface area (Å²) in [6.07, 6.45) is 5.77. The average Bonchev–Trinajstić information content (AvgIpc) is 2.89. The second-order valence-electron chi connectivity index (χ2n) is 4.99.